The smallest absolute Gasteiger partial charge is 0.270 e. The Balaban J connectivity index is 2.45. The highest BCUT2D eigenvalue weighted by Crippen LogP contribution is 2.27. The fourth-order valence-electron chi connectivity index (χ4n) is 1.17. The molecule has 0 radical (unpaired) electrons. The molecule has 1 heterocycles. The molecule has 0 aliphatic rings. The van der Waals surface area contributed by atoms with Crippen LogP contribution >= 0.6 is 11.3 Å². The second kappa shape index (κ2) is 3.66. The average Bonchev–Trinajstić information content (AvgIpc) is 2.65. The van der Waals surface area contributed by atoms with Gasteiger partial charge in [0.05, 0.1) is 4.92 Å². The van der Waals surface area contributed by atoms with Crippen LogP contribution in [0, 0.1) is 10.1 Å². The topological polar surface area (TPSA) is 82.0 Å². The van der Waals surface area contributed by atoms with E-state index < -0.39 is 4.92 Å². The van der Waals surface area contributed by atoms with E-state index in [9.17, 15) is 10.1 Å². The number of hydrogen-bond acceptors (Lipinski definition) is 5. The Bertz CT molecular complexity index is 510. The fourth-order valence-corrected chi connectivity index (χ4v) is 1.88. The molecule has 0 aliphatic carbocycles. The molecule has 2 N–H and O–H groups in total. The van der Waals surface area contributed by atoms with Crippen molar-refractivity contribution in [2.45, 2.75) is 0 Å². The number of nitro groups is 1. The molecule has 0 saturated carbocycles. The van der Waals surface area contributed by atoms with Gasteiger partial charge in [-0.15, -0.1) is 11.3 Å². The Morgan fingerprint density at radius 3 is 2.87 bits per heavy atom. The van der Waals surface area contributed by atoms with Crippen molar-refractivity contribution < 1.29 is 4.92 Å². The van der Waals surface area contributed by atoms with Crippen LogP contribution in [0.1, 0.15) is 0 Å². The van der Waals surface area contributed by atoms with E-state index in [0.29, 0.717) is 16.4 Å². The van der Waals surface area contributed by atoms with Crippen LogP contribution in [0.15, 0.2) is 29.6 Å². The van der Waals surface area contributed by atoms with Crippen LogP contribution in [-0.4, -0.2) is 9.91 Å². The fraction of sp³-hybridized carbons (Fsp3) is 0. The van der Waals surface area contributed by atoms with Crippen molar-refractivity contribution >= 4 is 22.8 Å². The Hall–Kier alpha value is -1.95. The number of nitrogens with zero attached hydrogens (tertiary/aromatic N) is 2. The standard InChI is InChI=1S/C9H7N3O2S/c10-8-5-15-9(11-8)6-2-1-3-7(4-6)12(13)14/h1-5H,10H2. The summed E-state index contributed by atoms with van der Waals surface area (Å²) in [4.78, 5) is 14.2. The summed E-state index contributed by atoms with van der Waals surface area (Å²) in [5, 5.41) is 12.9. The summed E-state index contributed by atoms with van der Waals surface area (Å²) in [5.74, 6) is 0.432. The summed E-state index contributed by atoms with van der Waals surface area (Å²) in [6, 6.07) is 6.33. The van der Waals surface area contributed by atoms with E-state index in [1.54, 1.807) is 17.5 Å². The number of thiazole rings is 1. The molecule has 76 valence electrons. The zero-order valence-electron chi connectivity index (χ0n) is 7.58. The SMILES string of the molecule is Nc1csc(-c2cccc([N+](=O)[O-])c2)n1. The lowest BCUT2D eigenvalue weighted by molar-refractivity contribution is -0.384. The Labute approximate surface area is 89.3 Å². The van der Waals surface area contributed by atoms with E-state index in [0.717, 1.165) is 0 Å². The van der Waals surface area contributed by atoms with Gasteiger partial charge in [-0.25, -0.2) is 4.98 Å². The quantitative estimate of drug-likeness (QED) is 0.623. The monoisotopic (exact) mass is 221 g/mol. The molecule has 15 heavy (non-hydrogen) atoms. The molecular weight excluding hydrogens is 214 g/mol. The van der Waals surface area contributed by atoms with Crippen molar-refractivity contribution in [3.05, 3.63) is 39.8 Å². The maximum Gasteiger partial charge on any atom is 0.270 e. The number of nitrogens with two attached hydrogens (primary N) is 1. The van der Waals surface area contributed by atoms with E-state index >= 15 is 0 Å². The minimum atomic E-state index is -0.430. The third-order valence-electron chi connectivity index (χ3n) is 1.83. The maximum atomic E-state index is 10.6. The van der Waals surface area contributed by atoms with Crippen LogP contribution in [0.3, 0.4) is 0 Å². The third kappa shape index (κ3) is 1.94. The minimum Gasteiger partial charge on any atom is -0.383 e. The van der Waals surface area contributed by atoms with Crippen molar-refractivity contribution in [2.75, 3.05) is 5.73 Å². The van der Waals surface area contributed by atoms with Gasteiger partial charge in [0.2, 0.25) is 0 Å². The lowest BCUT2D eigenvalue weighted by Gasteiger charge is -1.95. The molecular formula is C9H7N3O2S. The third-order valence-corrected chi connectivity index (χ3v) is 2.74. The van der Waals surface area contributed by atoms with E-state index in [4.69, 9.17) is 5.73 Å². The Kier molecular flexibility index (Phi) is 2.34. The predicted octanol–water partition coefficient (Wildman–Crippen LogP) is 2.30. The van der Waals surface area contributed by atoms with E-state index in [-0.39, 0.29) is 5.69 Å². The van der Waals surface area contributed by atoms with Gasteiger partial charge in [0.15, 0.2) is 0 Å². The molecule has 0 bridgehead atoms. The van der Waals surface area contributed by atoms with Crippen molar-refractivity contribution in [3.63, 3.8) is 0 Å². The lowest BCUT2D eigenvalue weighted by Crippen LogP contribution is -1.88. The molecule has 0 aliphatic heterocycles. The van der Waals surface area contributed by atoms with Gasteiger partial charge in [0.1, 0.15) is 10.8 Å². The van der Waals surface area contributed by atoms with Crippen LogP contribution in [-0.2, 0) is 0 Å². The number of anilines is 1. The van der Waals surface area contributed by atoms with Crippen LogP contribution in [0.25, 0.3) is 10.6 Å². The molecule has 0 unspecified atom stereocenters. The minimum absolute atomic E-state index is 0.0567. The van der Waals surface area contributed by atoms with Crippen molar-refractivity contribution in [2.24, 2.45) is 0 Å². The highest BCUT2D eigenvalue weighted by atomic mass is 32.1. The molecule has 0 atom stereocenters. The van der Waals surface area contributed by atoms with Crippen LogP contribution in [0.5, 0.6) is 0 Å². The first kappa shape index (κ1) is 9.60. The van der Waals surface area contributed by atoms with E-state index in [2.05, 4.69) is 4.98 Å². The van der Waals surface area contributed by atoms with Gasteiger partial charge < -0.3 is 5.73 Å². The number of rotatable bonds is 2. The van der Waals surface area contributed by atoms with Gasteiger partial charge >= 0.3 is 0 Å². The maximum absolute atomic E-state index is 10.6. The molecule has 0 saturated heterocycles. The highest BCUT2D eigenvalue weighted by molar-refractivity contribution is 7.13. The van der Waals surface area contributed by atoms with Gasteiger partial charge in [-0.1, -0.05) is 12.1 Å². The van der Waals surface area contributed by atoms with Crippen LogP contribution in [0.4, 0.5) is 11.5 Å². The van der Waals surface area contributed by atoms with Gasteiger partial charge in [0, 0.05) is 23.1 Å². The summed E-state index contributed by atoms with van der Waals surface area (Å²) in [6.07, 6.45) is 0. The van der Waals surface area contributed by atoms with Gasteiger partial charge in [-0.05, 0) is 0 Å². The number of non-ortho nitro benzene ring substituents is 1. The van der Waals surface area contributed by atoms with Gasteiger partial charge in [0.25, 0.3) is 5.69 Å². The van der Waals surface area contributed by atoms with Crippen molar-refractivity contribution in [1.82, 2.24) is 4.98 Å². The van der Waals surface area contributed by atoms with Gasteiger partial charge in [-0.3, -0.25) is 10.1 Å². The lowest BCUT2D eigenvalue weighted by atomic mass is 10.2. The largest absolute Gasteiger partial charge is 0.383 e. The summed E-state index contributed by atoms with van der Waals surface area (Å²) in [5.41, 5.74) is 6.25. The summed E-state index contributed by atoms with van der Waals surface area (Å²) < 4.78 is 0. The van der Waals surface area contributed by atoms with Gasteiger partial charge in [-0.2, -0.15) is 0 Å². The highest BCUT2D eigenvalue weighted by Gasteiger charge is 2.08. The predicted molar refractivity (Wildman–Crippen MR) is 58.6 cm³/mol. The normalized spacial score (nSPS) is 10.1. The molecule has 5 nitrogen and oxygen atoms in total. The molecule has 0 fully saturated rings. The molecule has 1 aromatic heterocycles. The molecule has 1 aromatic carbocycles. The number of benzene rings is 1. The first-order chi connectivity index (χ1) is 7.16. The Morgan fingerprint density at radius 2 is 2.27 bits per heavy atom. The second-order valence-electron chi connectivity index (χ2n) is 2.88. The summed E-state index contributed by atoms with van der Waals surface area (Å²) >= 11 is 1.36. The number of aromatic nitrogens is 1. The number of hydrogen-bond donors (Lipinski definition) is 1. The second-order valence-corrected chi connectivity index (χ2v) is 3.74. The first-order valence-corrected chi connectivity index (χ1v) is 5.00. The van der Waals surface area contributed by atoms with Crippen molar-refractivity contribution in [3.8, 4) is 10.6 Å². The number of nitrogen functional groups attached to an aromatic ring is 1. The molecule has 2 rings (SSSR count). The first-order valence-electron chi connectivity index (χ1n) is 4.12. The molecule has 0 amide bonds. The number of nitro benzene ring substituents is 1. The zero-order chi connectivity index (χ0) is 10.8. The van der Waals surface area contributed by atoms with E-state index in [1.807, 2.05) is 0 Å². The van der Waals surface area contributed by atoms with Crippen molar-refractivity contribution in [1.29, 1.82) is 0 Å². The van der Waals surface area contributed by atoms with Crippen LogP contribution < -0.4 is 5.73 Å². The summed E-state index contributed by atoms with van der Waals surface area (Å²) in [7, 11) is 0. The average molecular weight is 221 g/mol. The van der Waals surface area contributed by atoms with E-state index in [1.165, 1.54) is 23.5 Å². The molecule has 6 heteroatoms. The summed E-state index contributed by atoms with van der Waals surface area (Å²) in [6.45, 7) is 0. The molecule has 0 spiro atoms. The molecule has 2 aromatic rings. The zero-order valence-corrected chi connectivity index (χ0v) is 8.40. The van der Waals surface area contributed by atoms with Crippen LogP contribution in [0.2, 0.25) is 0 Å². The Morgan fingerprint density at radius 1 is 1.47 bits per heavy atom.